The van der Waals surface area contributed by atoms with Crippen molar-refractivity contribution in [1.29, 1.82) is 0 Å². The average Bonchev–Trinajstić information content (AvgIpc) is 2.01. The van der Waals surface area contributed by atoms with E-state index >= 15 is 0 Å². The molecule has 0 aromatic rings. The fourth-order valence-corrected chi connectivity index (χ4v) is 0.0690. The zero-order valence-corrected chi connectivity index (χ0v) is 10.0. The van der Waals surface area contributed by atoms with Gasteiger partial charge in [0.05, 0.1) is 0 Å². The molecule has 0 radical (unpaired) electrons. The molecule has 16 heavy (non-hydrogen) atoms. The lowest BCUT2D eigenvalue weighted by molar-refractivity contribution is -0.153. The Morgan fingerprint density at radius 3 is 1.19 bits per heavy atom. The van der Waals surface area contributed by atoms with E-state index in [0.29, 0.717) is 0 Å². The van der Waals surface area contributed by atoms with Gasteiger partial charge in [0.25, 0.3) is 3.79 Å². The molecule has 1 N–H and O–H groups in total. The number of halogens is 10. The van der Waals surface area contributed by atoms with Crippen molar-refractivity contribution in [2.45, 2.75) is 21.5 Å². The summed E-state index contributed by atoms with van der Waals surface area (Å²) >= 11 is 18.3. The van der Waals surface area contributed by atoms with E-state index < -0.39 is 28.1 Å². The first kappa shape index (κ1) is 19.0. The summed E-state index contributed by atoms with van der Waals surface area (Å²) in [6.45, 7) is -1.80. The quantitative estimate of drug-likeness (QED) is 0.596. The van der Waals surface area contributed by atoms with Gasteiger partial charge >= 0.3 is 17.7 Å². The zero-order valence-electron chi connectivity index (χ0n) is 7.01. The molecule has 0 bridgehead atoms. The van der Waals surface area contributed by atoms with Gasteiger partial charge in [0.2, 0.25) is 0 Å². The highest BCUT2D eigenvalue weighted by Gasteiger charge is 2.48. The van der Waals surface area contributed by atoms with Crippen molar-refractivity contribution in [1.82, 2.24) is 0 Å². The molecule has 0 spiro atoms. The van der Waals surface area contributed by atoms with Crippen LogP contribution in [0, 0.1) is 0 Å². The maximum Gasteiger partial charge on any atom is 0.368 e. The van der Waals surface area contributed by atoms with Crippen LogP contribution in [0.4, 0.5) is 26.3 Å². The highest BCUT2D eigenvalue weighted by molar-refractivity contribution is 6.70. The first-order valence-electron chi connectivity index (χ1n) is 3.16. The van der Waals surface area contributed by atoms with Crippen molar-refractivity contribution in [2.75, 3.05) is 6.61 Å². The maximum absolute atomic E-state index is 11.6. The summed E-state index contributed by atoms with van der Waals surface area (Å²) in [5.41, 5.74) is 0. The van der Waals surface area contributed by atoms with Crippen molar-refractivity contribution >= 4 is 46.4 Å². The normalized spacial score (nSPS) is 13.5. The van der Waals surface area contributed by atoms with Crippen molar-refractivity contribution in [3.05, 3.63) is 0 Å². The fourth-order valence-electron chi connectivity index (χ4n) is 0.0690. The number of aliphatic hydroxyl groups excluding tert-OH is 1. The summed E-state index contributed by atoms with van der Waals surface area (Å²) in [5, 5.41) is 3.74. The van der Waals surface area contributed by atoms with Gasteiger partial charge in [-0.15, -0.1) is 0 Å². The summed E-state index contributed by atoms with van der Waals surface area (Å²) in [6.07, 6.45) is -3.77. The molecule has 0 aliphatic rings. The molecule has 0 heterocycles. The van der Waals surface area contributed by atoms with Gasteiger partial charge in [0.1, 0.15) is 6.61 Å². The highest BCUT2D eigenvalue weighted by atomic mass is 35.6. The van der Waals surface area contributed by atoms with Crippen molar-refractivity contribution in [3.8, 4) is 0 Å². The van der Waals surface area contributed by atoms with Gasteiger partial charge in [-0.3, -0.25) is 0 Å². The predicted molar refractivity (Wildman–Crippen MR) is 49.1 cm³/mol. The van der Waals surface area contributed by atoms with E-state index in [1.54, 1.807) is 0 Å². The Labute approximate surface area is 106 Å². The van der Waals surface area contributed by atoms with Crippen LogP contribution >= 0.6 is 46.4 Å². The molecule has 0 amide bonds. The highest BCUT2D eigenvalue weighted by Crippen LogP contribution is 2.44. The molecule has 100 valence electrons. The summed E-state index contributed by atoms with van der Waals surface area (Å²) in [7, 11) is 0. The van der Waals surface area contributed by atoms with Crippen LogP contribution in [-0.4, -0.2) is 33.2 Å². The van der Waals surface area contributed by atoms with Crippen LogP contribution < -0.4 is 0 Å². The number of hydrogen-bond donors (Lipinski definition) is 1. The van der Waals surface area contributed by atoms with Crippen LogP contribution in [0.3, 0.4) is 0 Å². The molecule has 0 aliphatic carbocycles. The van der Waals surface area contributed by atoms with Crippen LogP contribution in [0.2, 0.25) is 0 Å². The molecule has 0 saturated carbocycles. The molecule has 0 rings (SSSR count). The lowest BCUT2D eigenvalue weighted by Crippen LogP contribution is -2.30. The summed E-state index contributed by atoms with van der Waals surface area (Å²) in [6, 6.07) is 0. The second-order valence-corrected chi connectivity index (χ2v) is 4.97. The Hall–Kier alpha value is 0.700. The Kier molecular flexibility index (Phi) is 7.84. The van der Waals surface area contributed by atoms with Gasteiger partial charge < -0.3 is 5.11 Å². The molecular formula is C5H4Cl4F6O. The first-order valence-corrected chi connectivity index (χ1v) is 4.67. The van der Waals surface area contributed by atoms with Gasteiger partial charge in [-0.2, -0.15) is 17.6 Å². The Morgan fingerprint density at radius 2 is 1.19 bits per heavy atom. The second-order valence-electron chi connectivity index (χ2n) is 2.22. The molecule has 0 aliphatic heterocycles. The van der Waals surface area contributed by atoms with E-state index in [1.165, 1.54) is 0 Å². The van der Waals surface area contributed by atoms with Crippen molar-refractivity contribution in [3.63, 3.8) is 0 Å². The van der Waals surface area contributed by atoms with E-state index in [1.807, 2.05) is 0 Å². The second kappa shape index (κ2) is 6.58. The number of hydrogen-bond acceptors (Lipinski definition) is 1. The molecule has 0 aromatic heterocycles. The molecule has 0 fully saturated rings. The molecule has 1 nitrogen and oxygen atoms in total. The molecule has 11 heteroatoms. The monoisotopic (exact) mass is 334 g/mol. The molecule has 0 unspecified atom stereocenters. The Balaban J connectivity index is 0. The van der Waals surface area contributed by atoms with Crippen molar-refractivity contribution < 1.29 is 31.4 Å². The third-order valence-corrected chi connectivity index (χ3v) is 2.14. The molecular weight excluding hydrogens is 332 g/mol. The van der Waals surface area contributed by atoms with Gasteiger partial charge in [0.15, 0.2) is 0 Å². The van der Waals surface area contributed by atoms with Crippen LogP contribution in [0.5, 0.6) is 0 Å². The third-order valence-electron chi connectivity index (χ3n) is 0.851. The zero-order chi connectivity index (χ0) is 13.8. The van der Waals surface area contributed by atoms with Crippen LogP contribution in [0.25, 0.3) is 0 Å². The third kappa shape index (κ3) is 7.89. The summed E-state index contributed by atoms with van der Waals surface area (Å²) in [5.74, 6) is -4.24. The predicted octanol–water partition coefficient (Wildman–Crippen LogP) is 4.07. The largest absolute Gasteiger partial charge is 0.390 e. The minimum atomic E-state index is -4.24. The number of alkyl halides is 10. The van der Waals surface area contributed by atoms with E-state index in [2.05, 4.69) is 46.4 Å². The maximum atomic E-state index is 11.6. The smallest absolute Gasteiger partial charge is 0.368 e. The lowest BCUT2D eigenvalue weighted by Gasteiger charge is -2.15. The van der Waals surface area contributed by atoms with Gasteiger partial charge in [-0.25, -0.2) is 8.78 Å². The van der Waals surface area contributed by atoms with Crippen LogP contribution in [-0.2, 0) is 0 Å². The van der Waals surface area contributed by atoms with E-state index in [0.717, 1.165) is 0 Å². The van der Waals surface area contributed by atoms with Crippen LogP contribution in [0.1, 0.15) is 0 Å². The minimum absolute atomic E-state index is 1.80. The standard InChI is InChI=1S/C3H4F4O.C2Cl4F2/c4-2(5)3(6,7)1-8;3-1(4,5)2(6,7)8/h2,8H,1H2;. The minimum Gasteiger partial charge on any atom is -0.390 e. The van der Waals surface area contributed by atoms with Gasteiger partial charge in [-0.05, 0) is 11.6 Å². The SMILES string of the molecule is FC(F)(Cl)C(Cl)(Cl)Cl.OCC(F)(F)C(F)F. The number of aliphatic hydroxyl groups is 1. The fraction of sp³-hybridized carbons (Fsp3) is 1.00. The Morgan fingerprint density at radius 1 is 0.938 bits per heavy atom. The molecule has 0 atom stereocenters. The van der Waals surface area contributed by atoms with E-state index in [9.17, 15) is 26.3 Å². The number of rotatable bonds is 2. The van der Waals surface area contributed by atoms with Gasteiger partial charge in [0, 0.05) is 0 Å². The summed E-state index contributed by atoms with van der Waals surface area (Å²) < 4.78 is 64.8. The molecule has 0 saturated heterocycles. The average molecular weight is 336 g/mol. The molecule has 0 aromatic carbocycles. The van der Waals surface area contributed by atoms with E-state index in [4.69, 9.17) is 5.11 Å². The topological polar surface area (TPSA) is 20.2 Å². The first-order chi connectivity index (χ1) is 6.75. The van der Waals surface area contributed by atoms with Gasteiger partial charge in [-0.1, -0.05) is 34.8 Å². The van der Waals surface area contributed by atoms with E-state index in [-0.39, 0.29) is 0 Å². The Bertz CT molecular complexity index is 184. The van der Waals surface area contributed by atoms with Crippen molar-refractivity contribution in [2.24, 2.45) is 0 Å². The summed E-state index contributed by atoms with van der Waals surface area (Å²) in [4.78, 5) is 0. The van der Waals surface area contributed by atoms with Crippen LogP contribution in [0.15, 0.2) is 0 Å². The lowest BCUT2D eigenvalue weighted by atomic mass is 10.4.